The highest BCUT2D eigenvalue weighted by molar-refractivity contribution is 5.91. The Morgan fingerprint density at radius 1 is 1.39 bits per heavy atom. The Morgan fingerprint density at radius 3 is 2.39 bits per heavy atom. The van der Waals surface area contributed by atoms with Crippen LogP contribution in [0.15, 0.2) is 36.0 Å². The lowest BCUT2D eigenvalue weighted by Crippen LogP contribution is -2.26. The van der Waals surface area contributed by atoms with E-state index in [1.54, 1.807) is 26.0 Å². The van der Waals surface area contributed by atoms with Crippen LogP contribution in [0.2, 0.25) is 0 Å². The monoisotopic (exact) mass is 252 g/mol. The molecule has 0 aliphatic carbocycles. The summed E-state index contributed by atoms with van der Waals surface area (Å²) in [4.78, 5) is 11.5. The summed E-state index contributed by atoms with van der Waals surface area (Å²) in [5.74, 6) is 0.0198. The number of rotatable bonds is 7. The zero-order chi connectivity index (χ0) is 14.3. The van der Waals surface area contributed by atoms with Gasteiger partial charge in [0.25, 0.3) is 0 Å². The highest BCUT2D eigenvalue weighted by atomic mass is 16.3. The van der Waals surface area contributed by atoms with Crippen LogP contribution in [0.4, 0.5) is 0 Å². The normalized spacial score (nSPS) is 16.7. The van der Waals surface area contributed by atoms with Crippen LogP contribution in [-0.2, 0) is 4.79 Å². The van der Waals surface area contributed by atoms with Crippen molar-refractivity contribution in [1.82, 2.24) is 0 Å². The van der Waals surface area contributed by atoms with E-state index in [4.69, 9.17) is 0 Å². The third-order valence-corrected chi connectivity index (χ3v) is 2.44. The van der Waals surface area contributed by atoms with E-state index in [2.05, 4.69) is 6.58 Å². The van der Waals surface area contributed by atoms with E-state index >= 15 is 0 Å². The van der Waals surface area contributed by atoms with E-state index in [1.807, 2.05) is 13.8 Å². The van der Waals surface area contributed by atoms with Crippen LogP contribution < -0.4 is 0 Å². The van der Waals surface area contributed by atoms with Crippen molar-refractivity contribution in [3.63, 3.8) is 0 Å². The minimum absolute atomic E-state index is 0.0198. The van der Waals surface area contributed by atoms with Crippen molar-refractivity contribution < 1.29 is 15.0 Å². The molecule has 0 bridgehead atoms. The zero-order valence-electron chi connectivity index (χ0n) is 11.7. The summed E-state index contributed by atoms with van der Waals surface area (Å²) in [6.45, 7) is 10.6. The van der Waals surface area contributed by atoms with Gasteiger partial charge >= 0.3 is 0 Å². The Morgan fingerprint density at radius 2 is 1.94 bits per heavy atom. The fourth-order valence-corrected chi connectivity index (χ4v) is 1.60. The van der Waals surface area contributed by atoms with Crippen LogP contribution >= 0.6 is 0 Å². The van der Waals surface area contributed by atoms with Crippen LogP contribution in [0.3, 0.4) is 0 Å². The van der Waals surface area contributed by atoms with E-state index in [1.165, 1.54) is 6.08 Å². The molecule has 0 aromatic rings. The van der Waals surface area contributed by atoms with Gasteiger partial charge in [0.15, 0.2) is 5.78 Å². The number of carbonyl (C=O) groups is 1. The molecule has 0 amide bonds. The molecule has 0 fully saturated rings. The first-order chi connectivity index (χ1) is 8.16. The molecule has 0 rings (SSSR count). The second-order valence-corrected chi connectivity index (χ2v) is 5.21. The molecule has 0 aliphatic heterocycles. The van der Waals surface area contributed by atoms with Gasteiger partial charge in [-0.05, 0) is 33.8 Å². The molecule has 0 saturated heterocycles. The molecule has 2 N–H and O–H groups in total. The molecule has 0 unspecified atom stereocenters. The Kier molecular flexibility index (Phi) is 6.81. The van der Waals surface area contributed by atoms with Crippen molar-refractivity contribution in [3.05, 3.63) is 36.0 Å². The molecule has 0 aromatic carbocycles. The molecular weight excluding hydrogens is 228 g/mol. The molecule has 0 radical (unpaired) electrons. The molecule has 0 saturated carbocycles. The van der Waals surface area contributed by atoms with Crippen LogP contribution in [-0.4, -0.2) is 27.7 Å². The van der Waals surface area contributed by atoms with Crippen LogP contribution in [0.5, 0.6) is 0 Å². The number of carbonyl (C=O) groups excluding carboxylic acids is 1. The van der Waals surface area contributed by atoms with Gasteiger partial charge in [0.2, 0.25) is 0 Å². The van der Waals surface area contributed by atoms with E-state index in [0.717, 1.165) is 11.1 Å². The predicted octanol–water partition coefficient (Wildman–Crippen LogP) is 2.55. The molecule has 0 aliphatic rings. The van der Waals surface area contributed by atoms with Crippen LogP contribution in [0.1, 0.15) is 40.5 Å². The number of hydrogen-bond acceptors (Lipinski definition) is 3. The number of aliphatic hydroxyl groups is 2. The fraction of sp³-hybridized carbons (Fsp3) is 0.533. The molecular formula is C15H24O3. The maximum absolute atomic E-state index is 11.5. The molecule has 18 heavy (non-hydrogen) atoms. The van der Waals surface area contributed by atoms with Crippen LogP contribution in [0.25, 0.3) is 0 Å². The van der Waals surface area contributed by atoms with E-state index < -0.39 is 11.7 Å². The predicted molar refractivity (Wildman–Crippen MR) is 74.3 cm³/mol. The second-order valence-electron chi connectivity index (χ2n) is 5.21. The topological polar surface area (TPSA) is 57.5 Å². The number of hydrogen-bond donors (Lipinski definition) is 2. The third kappa shape index (κ3) is 7.98. The highest BCUT2D eigenvalue weighted by Crippen LogP contribution is 2.15. The minimum atomic E-state index is -1.10. The third-order valence-electron chi connectivity index (χ3n) is 2.44. The lowest BCUT2D eigenvalue weighted by Gasteiger charge is -2.20. The lowest BCUT2D eigenvalue weighted by atomic mass is 9.97. The summed E-state index contributed by atoms with van der Waals surface area (Å²) < 4.78 is 0. The molecule has 0 aromatic heterocycles. The average molecular weight is 252 g/mol. The van der Waals surface area contributed by atoms with Gasteiger partial charge in [-0.15, -0.1) is 6.58 Å². The molecule has 102 valence electrons. The van der Waals surface area contributed by atoms with Gasteiger partial charge in [-0.25, -0.2) is 0 Å². The van der Waals surface area contributed by atoms with Gasteiger partial charge < -0.3 is 10.2 Å². The first-order valence-corrected chi connectivity index (χ1v) is 6.05. The standard InChI is InChI=1S/C15H24O3/c1-6-15(5,18)10-14(17)9-12(4)8-13(16)7-11(2)3/h6-7,9,14,17-18H,1,8,10H2,2-5H3/b12-9-/t14-,15+/m0/s1. The molecule has 0 spiro atoms. The fourth-order valence-electron chi connectivity index (χ4n) is 1.60. The van der Waals surface area contributed by atoms with Crippen molar-refractivity contribution in [2.75, 3.05) is 0 Å². The van der Waals surface area contributed by atoms with Gasteiger partial charge in [-0.3, -0.25) is 4.79 Å². The van der Waals surface area contributed by atoms with Gasteiger partial charge in [0, 0.05) is 12.8 Å². The number of aliphatic hydroxyl groups excluding tert-OH is 1. The van der Waals surface area contributed by atoms with E-state index in [-0.39, 0.29) is 12.2 Å². The largest absolute Gasteiger partial charge is 0.389 e. The van der Waals surface area contributed by atoms with Gasteiger partial charge in [-0.2, -0.15) is 0 Å². The second kappa shape index (κ2) is 7.29. The number of allylic oxidation sites excluding steroid dienone is 3. The van der Waals surface area contributed by atoms with Crippen molar-refractivity contribution in [1.29, 1.82) is 0 Å². The Hall–Kier alpha value is -1.19. The van der Waals surface area contributed by atoms with E-state index in [0.29, 0.717) is 6.42 Å². The maximum atomic E-state index is 11.5. The summed E-state index contributed by atoms with van der Waals surface area (Å²) in [5, 5.41) is 19.5. The van der Waals surface area contributed by atoms with E-state index in [9.17, 15) is 15.0 Å². The Balaban J connectivity index is 4.46. The SMILES string of the molecule is C=C[C@@](C)(O)C[C@@H](O)/C=C(/C)CC(=O)C=C(C)C. The first-order valence-electron chi connectivity index (χ1n) is 6.05. The summed E-state index contributed by atoms with van der Waals surface area (Å²) in [6.07, 6.45) is 4.27. The van der Waals surface area contributed by atoms with Crippen molar-refractivity contribution in [3.8, 4) is 0 Å². The molecule has 3 heteroatoms. The zero-order valence-corrected chi connectivity index (χ0v) is 11.7. The lowest BCUT2D eigenvalue weighted by molar-refractivity contribution is -0.114. The summed E-state index contributed by atoms with van der Waals surface area (Å²) in [5.41, 5.74) is 0.660. The maximum Gasteiger partial charge on any atom is 0.159 e. The van der Waals surface area contributed by atoms with Crippen molar-refractivity contribution in [2.45, 2.75) is 52.2 Å². The minimum Gasteiger partial charge on any atom is -0.389 e. The number of ketones is 1. The molecule has 2 atom stereocenters. The van der Waals surface area contributed by atoms with Gasteiger partial charge in [0.1, 0.15) is 0 Å². The van der Waals surface area contributed by atoms with Gasteiger partial charge in [0.05, 0.1) is 11.7 Å². The molecule has 0 heterocycles. The summed E-state index contributed by atoms with van der Waals surface area (Å²) in [6, 6.07) is 0. The Labute approximate surface area is 110 Å². The quantitative estimate of drug-likeness (QED) is 0.541. The average Bonchev–Trinajstić information content (AvgIpc) is 2.14. The smallest absolute Gasteiger partial charge is 0.159 e. The summed E-state index contributed by atoms with van der Waals surface area (Å²) in [7, 11) is 0. The summed E-state index contributed by atoms with van der Waals surface area (Å²) >= 11 is 0. The van der Waals surface area contributed by atoms with Crippen LogP contribution in [0, 0.1) is 0 Å². The highest BCUT2D eigenvalue weighted by Gasteiger charge is 2.19. The van der Waals surface area contributed by atoms with Crippen molar-refractivity contribution in [2.24, 2.45) is 0 Å². The molecule has 3 nitrogen and oxygen atoms in total. The first kappa shape index (κ1) is 16.8. The van der Waals surface area contributed by atoms with Gasteiger partial charge in [-0.1, -0.05) is 23.3 Å². The van der Waals surface area contributed by atoms with Crippen molar-refractivity contribution >= 4 is 5.78 Å². The Bertz CT molecular complexity index is 358.